The van der Waals surface area contributed by atoms with Gasteiger partial charge in [0.2, 0.25) is 5.24 Å². The Hall–Kier alpha value is -0.0400. The van der Waals surface area contributed by atoms with Crippen molar-refractivity contribution in [2.24, 2.45) is 5.41 Å². The van der Waals surface area contributed by atoms with Gasteiger partial charge in [-0.1, -0.05) is 32.6 Å². The molecule has 0 aromatic rings. The smallest absolute Gasteiger partial charge is 0.227 e. The third-order valence-corrected chi connectivity index (χ3v) is 3.39. The highest BCUT2D eigenvalue weighted by Crippen LogP contribution is 2.46. The van der Waals surface area contributed by atoms with Crippen LogP contribution in [-0.4, -0.2) is 5.24 Å². The summed E-state index contributed by atoms with van der Waals surface area (Å²) in [6.07, 6.45) is 7.86. The Labute approximate surface area is 79.5 Å². The lowest BCUT2D eigenvalue weighted by Gasteiger charge is -2.38. The van der Waals surface area contributed by atoms with Gasteiger partial charge >= 0.3 is 0 Å². The van der Waals surface area contributed by atoms with E-state index in [2.05, 4.69) is 6.92 Å². The maximum absolute atomic E-state index is 11.1. The number of carbonyl (C=O) groups is 1. The SMILES string of the molecule is CCCCCC1(C(=O)Cl)CCC1. The average molecular weight is 189 g/mol. The zero-order chi connectivity index (χ0) is 9.03. The number of halogens is 1. The summed E-state index contributed by atoms with van der Waals surface area (Å²) in [5, 5.41) is -0.0927. The van der Waals surface area contributed by atoms with Crippen LogP contribution in [0.15, 0.2) is 0 Å². The molecule has 0 aliphatic heterocycles. The zero-order valence-corrected chi connectivity index (χ0v) is 8.49. The monoisotopic (exact) mass is 188 g/mol. The molecule has 2 heteroatoms. The molecular formula is C10H17ClO. The lowest BCUT2D eigenvalue weighted by molar-refractivity contribution is -0.125. The van der Waals surface area contributed by atoms with E-state index in [1.807, 2.05) is 0 Å². The van der Waals surface area contributed by atoms with Crippen LogP contribution in [0, 0.1) is 5.41 Å². The first-order valence-electron chi connectivity index (χ1n) is 4.91. The lowest BCUT2D eigenvalue weighted by atomic mass is 9.67. The maximum Gasteiger partial charge on any atom is 0.227 e. The van der Waals surface area contributed by atoms with Gasteiger partial charge < -0.3 is 0 Å². The quantitative estimate of drug-likeness (QED) is 0.477. The van der Waals surface area contributed by atoms with Gasteiger partial charge in [-0.3, -0.25) is 4.79 Å². The van der Waals surface area contributed by atoms with Crippen molar-refractivity contribution in [2.75, 3.05) is 0 Å². The molecule has 0 aromatic heterocycles. The molecule has 1 rings (SSSR count). The molecule has 0 unspecified atom stereocenters. The second-order valence-electron chi connectivity index (χ2n) is 3.86. The van der Waals surface area contributed by atoms with E-state index in [9.17, 15) is 4.79 Å². The van der Waals surface area contributed by atoms with E-state index in [1.54, 1.807) is 0 Å². The van der Waals surface area contributed by atoms with Gasteiger partial charge in [-0.05, 0) is 30.9 Å². The molecule has 1 saturated carbocycles. The minimum atomic E-state index is -0.100. The molecule has 1 nitrogen and oxygen atoms in total. The maximum atomic E-state index is 11.1. The summed E-state index contributed by atoms with van der Waals surface area (Å²) in [5.41, 5.74) is -0.100. The van der Waals surface area contributed by atoms with Crippen LogP contribution in [0.3, 0.4) is 0 Å². The van der Waals surface area contributed by atoms with Crippen molar-refractivity contribution in [1.29, 1.82) is 0 Å². The second kappa shape index (κ2) is 4.27. The van der Waals surface area contributed by atoms with E-state index in [0.717, 1.165) is 25.7 Å². The van der Waals surface area contributed by atoms with Crippen molar-refractivity contribution in [2.45, 2.75) is 51.9 Å². The molecule has 0 atom stereocenters. The highest BCUT2D eigenvalue weighted by atomic mass is 35.5. The van der Waals surface area contributed by atoms with Gasteiger partial charge in [0.05, 0.1) is 0 Å². The Morgan fingerprint density at radius 2 is 2.08 bits per heavy atom. The van der Waals surface area contributed by atoms with E-state index in [0.29, 0.717) is 0 Å². The van der Waals surface area contributed by atoms with E-state index >= 15 is 0 Å². The van der Waals surface area contributed by atoms with Crippen molar-refractivity contribution >= 4 is 16.8 Å². The van der Waals surface area contributed by atoms with Crippen LogP contribution < -0.4 is 0 Å². The molecule has 0 heterocycles. The number of carbonyl (C=O) groups excluding carboxylic acids is 1. The lowest BCUT2D eigenvalue weighted by Crippen LogP contribution is -2.35. The fourth-order valence-corrected chi connectivity index (χ4v) is 2.15. The van der Waals surface area contributed by atoms with Crippen LogP contribution >= 0.6 is 11.6 Å². The summed E-state index contributed by atoms with van der Waals surface area (Å²) < 4.78 is 0. The number of hydrogen-bond acceptors (Lipinski definition) is 1. The molecule has 0 saturated heterocycles. The van der Waals surface area contributed by atoms with Crippen LogP contribution in [0.25, 0.3) is 0 Å². The average Bonchev–Trinajstić information content (AvgIpc) is 1.94. The fraction of sp³-hybridized carbons (Fsp3) is 0.900. The minimum Gasteiger partial charge on any atom is -0.281 e. The van der Waals surface area contributed by atoms with Gasteiger partial charge in [0.1, 0.15) is 0 Å². The third kappa shape index (κ3) is 2.01. The van der Waals surface area contributed by atoms with Crippen LogP contribution in [0.5, 0.6) is 0 Å². The molecule has 70 valence electrons. The van der Waals surface area contributed by atoms with E-state index < -0.39 is 0 Å². The normalized spacial score (nSPS) is 20.2. The summed E-state index contributed by atoms with van der Waals surface area (Å²) in [4.78, 5) is 11.1. The summed E-state index contributed by atoms with van der Waals surface area (Å²) >= 11 is 5.58. The zero-order valence-electron chi connectivity index (χ0n) is 7.74. The molecule has 0 aromatic carbocycles. The van der Waals surface area contributed by atoms with Crippen LogP contribution in [-0.2, 0) is 4.79 Å². The summed E-state index contributed by atoms with van der Waals surface area (Å²) in [7, 11) is 0. The number of unbranched alkanes of at least 4 members (excludes halogenated alkanes) is 2. The Kier molecular flexibility index (Phi) is 3.57. The van der Waals surface area contributed by atoms with Crippen molar-refractivity contribution in [3.63, 3.8) is 0 Å². The van der Waals surface area contributed by atoms with Crippen molar-refractivity contribution in [1.82, 2.24) is 0 Å². The summed E-state index contributed by atoms with van der Waals surface area (Å²) in [6.45, 7) is 2.18. The molecule has 1 aliphatic rings. The van der Waals surface area contributed by atoms with Gasteiger partial charge in [0.15, 0.2) is 0 Å². The topological polar surface area (TPSA) is 17.1 Å². The Bertz CT molecular complexity index is 161. The first-order valence-corrected chi connectivity index (χ1v) is 5.29. The Morgan fingerprint density at radius 1 is 1.42 bits per heavy atom. The predicted octanol–water partition coefficient (Wildman–Crippen LogP) is 3.50. The van der Waals surface area contributed by atoms with Gasteiger partial charge in [-0.15, -0.1) is 0 Å². The first-order chi connectivity index (χ1) is 5.71. The highest BCUT2D eigenvalue weighted by molar-refractivity contribution is 6.64. The Balaban J connectivity index is 2.30. The highest BCUT2D eigenvalue weighted by Gasteiger charge is 2.42. The fourth-order valence-electron chi connectivity index (χ4n) is 1.86. The number of hydrogen-bond donors (Lipinski definition) is 0. The van der Waals surface area contributed by atoms with Crippen LogP contribution in [0.4, 0.5) is 0 Å². The van der Waals surface area contributed by atoms with E-state index in [4.69, 9.17) is 11.6 Å². The standard InChI is InChI=1S/C10H17ClO/c1-2-3-4-6-10(9(11)12)7-5-8-10/h2-8H2,1H3. The van der Waals surface area contributed by atoms with Crippen molar-refractivity contribution in [3.8, 4) is 0 Å². The number of rotatable bonds is 5. The van der Waals surface area contributed by atoms with Crippen molar-refractivity contribution < 1.29 is 4.79 Å². The summed E-state index contributed by atoms with van der Waals surface area (Å²) in [6, 6.07) is 0. The Morgan fingerprint density at radius 3 is 2.42 bits per heavy atom. The van der Waals surface area contributed by atoms with E-state index in [1.165, 1.54) is 19.3 Å². The molecular weight excluding hydrogens is 172 g/mol. The molecule has 0 spiro atoms. The van der Waals surface area contributed by atoms with Crippen LogP contribution in [0.2, 0.25) is 0 Å². The molecule has 1 fully saturated rings. The van der Waals surface area contributed by atoms with Gasteiger partial charge in [0, 0.05) is 5.41 Å². The van der Waals surface area contributed by atoms with Crippen LogP contribution in [0.1, 0.15) is 51.9 Å². The van der Waals surface area contributed by atoms with Gasteiger partial charge in [-0.2, -0.15) is 0 Å². The largest absolute Gasteiger partial charge is 0.281 e. The van der Waals surface area contributed by atoms with E-state index in [-0.39, 0.29) is 10.7 Å². The van der Waals surface area contributed by atoms with Gasteiger partial charge in [-0.25, -0.2) is 0 Å². The summed E-state index contributed by atoms with van der Waals surface area (Å²) in [5.74, 6) is 0. The molecule has 0 amide bonds. The van der Waals surface area contributed by atoms with Gasteiger partial charge in [0.25, 0.3) is 0 Å². The molecule has 0 N–H and O–H groups in total. The third-order valence-electron chi connectivity index (χ3n) is 2.99. The molecule has 0 bridgehead atoms. The molecule has 0 radical (unpaired) electrons. The van der Waals surface area contributed by atoms with Crippen molar-refractivity contribution in [3.05, 3.63) is 0 Å². The second-order valence-corrected chi connectivity index (χ2v) is 4.21. The first kappa shape index (κ1) is 10.0. The molecule has 12 heavy (non-hydrogen) atoms. The minimum absolute atomic E-state index is 0.0927. The molecule has 1 aliphatic carbocycles. The predicted molar refractivity (Wildman–Crippen MR) is 51.3 cm³/mol.